The van der Waals surface area contributed by atoms with Crippen LogP contribution in [0.4, 0.5) is 5.82 Å². The molecule has 0 aliphatic rings. The highest BCUT2D eigenvalue weighted by molar-refractivity contribution is 6.37. The van der Waals surface area contributed by atoms with E-state index >= 15 is 0 Å². The van der Waals surface area contributed by atoms with Gasteiger partial charge in [0.1, 0.15) is 5.82 Å². The van der Waals surface area contributed by atoms with Crippen molar-refractivity contribution in [2.45, 2.75) is 33.2 Å². The Morgan fingerprint density at radius 3 is 2.47 bits per heavy atom. The molecular formula is C16H19ClN2. The first kappa shape index (κ1) is 13.9. The molecule has 0 atom stereocenters. The second-order valence-electron chi connectivity index (χ2n) is 5.82. The third-order valence-electron chi connectivity index (χ3n) is 2.75. The van der Waals surface area contributed by atoms with Gasteiger partial charge in [0.15, 0.2) is 0 Å². The third-order valence-corrected chi connectivity index (χ3v) is 3.14. The van der Waals surface area contributed by atoms with Crippen LogP contribution in [0, 0.1) is 0 Å². The SMILES string of the molecule is C=C(C)c1c(NC(C)(C)C)nc2ccccc2c1Cl. The Hall–Kier alpha value is -1.54. The minimum Gasteiger partial charge on any atom is -0.365 e. The molecule has 0 bridgehead atoms. The van der Waals surface area contributed by atoms with E-state index in [1.165, 1.54) is 0 Å². The van der Waals surface area contributed by atoms with Crippen LogP contribution in [0.15, 0.2) is 30.8 Å². The molecule has 0 radical (unpaired) electrons. The van der Waals surface area contributed by atoms with Gasteiger partial charge in [-0.3, -0.25) is 0 Å². The van der Waals surface area contributed by atoms with Gasteiger partial charge >= 0.3 is 0 Å². The lowest BCUT2D eigenvalue weighted by atomic mass is 10.0. The van der Waals surface area contributed by atoms with Crippen LogP contribution in [-0.2, 0) is 0 Å². The zero-order valence-electron chi connectivity index (χ0n) is 11.8. The average Bonchev–Trinajstić information content (AvgIpc) is 2.26. The molecule has 0 aliphatic carbocycles. The molecule has 1 aromatic heterocycles. The van der Waals surface area contributed by atoms with Crippen LogP contribution in [0.25, 0.3) is 16.5 Å². The van der Waals surface area contributed by atoms with Crippen LogP contribution in [0.1, 0.15) is 33.3 Å². The van der Waals surface area contributed by atoms with E-state index in [4.69, 9.17) is 11.6 Å². The molecule has 19 heavy (non-hydrogen) atoms. The fraction of sp³-hybridized carbons (Fsp3) is 0.312. The van der Waals surface area contributed by atoms with Crippen molar-refractivity contribution in [3.8, 4) is 0 Å². The van der Waals surface area contributed by atoms with E-state index in [1.54, 1.807) is 0 Å². The summed E-state index contributed by atoms with van der Waals surface area (Å²) in [6.07, 6.45) is 0. The Balaban J connectivity index is 2.74. The molecule has 1 N–H and O–H groups in total. The summed E-state index contributed by atoms with van der Waals surface area (Å²) in [7, 11) is 0. The van der Waals surface area contributed by atoms with Crippen molar-refractivity contribution in [2.24, 2.45) is 0 Å². The van der Waals surface area contributed by atoms with Crippen LogP contribution in [-0.4, -0.2) is 10.5 Å². The van der Waals surface area contributed by atoms with Crippen molar-refractivity contribution < 1.29 is 0 Å². The second kappa shape index (κ2) is 4.86. The number of allylic oxidation sites excluding steroid dienone is 1. The summed E-state index contributed by atoms with van der Waals surface area (Å²) >= 11 is 6.53. The number of aromatic nitrogens is 1. The minimum atomic E-state index is -0.0804. The topological polar surface area (TPSA) is 24.9 Å². The number of rotatable bonds is 2. The van der Waals surface area contributed by atoms with E-state index in [0.29, 0.717) is 5.02 Å². The number of pyridine rings is 1. The molecule has 0 saturated carbocycles. The summed E-state index contributed by atoms with van der Waals surface area (Å²) < 4.78 is 0. The maximum atomic E-state index is 6.53. The Labute approximate surface area is 119 Å². The van der Waals surface area contributed by atoms with Gasteiger partial charge in [0.2, 0.25) is 0 Å². The molecular weight excluding hydrogens is 256 g/mol. The number of nitrogens with zero attached hydrogens (tertiary/aromatic N) is 1. The molecule has 0 amide bonds. The van der Waals surface area contributed by atoms with Gasteiger partial charge in [-0.15, -0.1) is 0 Å². The summed E-state index contributed by atoms with van der Waals surface area (Å²) in [6.45, 7) is 12.3. The molecule has 0 unspecified atom stereocenters. The molecule has 3 heteroatoms. The standard InChI is InChI=1S/C16H19ClN2/c1-10(2)13-14(17)11-8-6-7-9-12(11)18-15(13)19-16(3,4)5/h6-9H,1H2,2-5H3,(H,18,19). The highest BCUT2D eigenvalue weighted by atomic mass is 35.5. The van der Waals surface area contributed by atoms with Gasteiger partial charge in [-0.2, -0.15) is 0 Å². The molecule has 0 aliphatic heterocycles. The Morgan fingerprint density at radius 1 is 1.26 bits per heavy atom. The first-order chi connectivity index (χ1) is 8.79. The van der Waals surface area contributed by atoms with Crippen LogP contribution < -0.4 is 5.32 Å². The first-order valence-electron chi connectivity index (χ1n) is 6.32. The van der Waals surface area contributed by atoms with Crippen molar-refractivity contribution in [1.29, 1.82) is 0 Å². The van der Waals surface area contributed by atoms with Crippen molar-refractivity contribution in [3.05, 3.63) is 41.4 Å². The van der Waals surface area contributed by atoms with Crippen molar-refractivity contribution in [1.82, 2.24) is 4.98 Å². The number of benzene rings is 1. The fourth-order valence-corrected chi connectivity index (χ4v) is 2.42. The summed E-state index contributed by atoms with van der Waals surface area (Å²) in [4.78, 5) is 4.69. The molecule has 2 rings (SSSR count). The highest BCUT2D eigenvalue weighted by Gasteiger charge is 2.18. The maximum Gasteiger partial charge on any atom is 0.136 e. The highest BCUT2D eigenvalue weighted by Crippen LogP contribution is 2.35. The van der Waals surface area contributed by atoms with Crippen molar-refractivity contribution in [2.75, 3.05) is 5.32 Å². The van der Waals surface area contributed by atoms with E-state index in [2.05, 4.69) is 37.7 Å². The smallest absolute Gasteiger partial charge is 0.136 e. The Morgan fingerprint density at radius 2 is 1.89 bits per heavy atom. The molecule has 2 nitrogen and oxygen atoms in total. The van der Waals surface area contributed by atoms with Gasteiger partial charge in [-0.1, -0.05) is 36.4 Å². The Kier molecular flexibility index (Phi) is 3.55. The normalized spacial score (nSPS) is 11.6. The van der Waals surface area contributed by atoms with Gasteiger partial charge in [-0.25, -0.2) is 4.98 Å². The quantitative estimate of drug-likeness (QED) is 0.821. The predicted octanol–water partition coefficient (Wildman–Crippen LogP) is 5.13. The first-order valence-corrected chi connectivity index (χ1v) is 6.70. The van der Waals surface area contributed by atoms with Crippen molar-refractivity contribution >= 4 is 33.9 Å². The lowest BCUT2D eigenvalue weighted by Gasteiger charge is -2.24. The lowest BCUT2D eigenvalue weighted by molar-refractivity contribution is 0.630. The summed E-state index contributed by atoms with van der Waals surface area (Å²) in [5.41, 5.74) is 2.62. The average molecular weight is 275 g/mol. The van der Waals surface area contributed by atoms with Crippen LogP contribution in [0.3, 0.4) is 0 Å². The van der Waals surface area contributed by atoms with Gasteiger partial charge in [-0.05, 0) is 39.3 Å². The van der Waals surface area contributed by atoms with E-state index in [-0.39, 0.29) is 5.54 Å². The van der Waals surface area contributed by atoms with Crippen LogP contribution in [0.5, 0.6) is 0 Å². The van der Waals surface area contributed by atoms with Crippen molar-refractivity contribution in [3.63, 3.8) is 0 Å². The van der Waals surface area contributed by atoms with E-state index < -0.39 is 0 Å². The molecule has 0 saturated heterocycles. The van der Waals surface area contributed by atoms with Crippen LogP contribution in [0.2, 0.25) is 5.02 Å². The van der Waals surface area contributed by atoms with Gasteiger partial charge < -0.3 is 5.32 Å². The van der Waals surface area contributed by atoms with Gasteiger partial charge in [0.05, 0.1) is 10.5 Å². The number of hydrogen-bond donors (Lipinski definition) is 1. The number of para-hydroxylation sites is 1. The Bertz CT molecular complexity index is 639. The fourth-order valence-electron chi connectivity index (χ4n) is 2.01. The molecule has 2 aromatic rings. The molecule has 0 fully saturated rings. The molecule has 100 valence electrons. The zero-order valence-corrected chi connectivity index (χ0v) is 12.6. The summed E-state index contributed by atoms with van der Waals surface area (Å²) in [6, 6.07) is 7.89. The van der Waals surface area contributed by atoms with E-state index in [9.17, 15) is 0 Å². The molecule has 1 heterocycles. The number of halogens is 1. The third kappa shape index (κ3) is 2.90. The zero-order chi connectivity index (χ0) is 14.2. The van der Waals surface area contributed by atoms with Gasteiger partial charge in [0.25, 0.3) is 0 Å². The second-order valence-corrected chi connectivity index (χ2v) is 6.20. The van der Waals surface area contributed by atoms with E-state index in [1.807, 2.05) is 31.2 Å². The molecule has 0 spiro atoms. The number of anilines is 1. The predicted molar refractivity (Wildman–Crippen MR) is 84.8 cm³/mol. The van der Waals surface area contributed by atoms with E-state index in [0.717, 1.165) is 27.9 Å². The summed E-state index contributed by atoms with van der Waals surface area (Å²) in [5, 5.41) is 5.08. The molecule has 1 aromatic carbocycles. The largest absolute Gasteiger partial charge is 0.365 e. The number of hydrogen-bond acceptors (Lipinski definition) is 2. The maximum absolute atomic E-state index is 6.53. The lowest BCUT2D eigenvalue weighted by Crippen LogP contribution is -2.27. The number of fused-ring (bicyclic) bond motifs is 1. The van der Waals surface area contributed by atoms with Gasteiger partial charge in [0, 0.05) is 16.5 Å². The summed E-state index contributed by atoms with van der Waals surface area (Å²) in [5.74, 6) is 0.795. The minimum absolute atomic E-state index is 0.0804. The monoisotopic (exact) mass is 274 g/mol. The van der Waals surface area contributed by atoms with Crippen LogP contribution >= 0.6 is 11.6 Å². The number of nitrogens with one attached hydrogen (secondary N) is 1.